The molecule has 0 bridgehead atoms. The Balaban J connectivity index is 1.81. The van der Waals surface area contributed by atoms with Crippen molar-refractivity contribution < 1.29 is 29.0 Å². The third kappa shape index (κ3) is 5.14. The van der Waals surface area contributed by atoms with Crippen molar-refractivity contribution in [2.75, 3.05) is 11.9 Å². The van der Waals surface area contributed by atoms with Gasteiger partial charge in [-0.25, -0.2) is 4.98 Å². The second-order valence-electron chi connectivity index (χ2n) is 7.66. The van der Waals surface area contributed by atoms with Gasteiger partial charge in [-0.15, -0.1) is 0 Å². The number of hydrogen-bond acceptors (Lipinski definition) is 9. The number of aliphatic hydroxyl groups is 1. The van der Waals surface area contributed by atoms with E-state index in [-0.39, 0.29) is 54.0 Å². The molecular weight excluding hydrogens is 410 g/mol. The molecule has 0 aromatic carbocycles. The Hall–Kier alpha value is -3.12. The van der Waals surface area contributed by atoms with Crippen LogP contribution < -0.4 is 10.9 Å². The molecule has 3 N–H and O–H groups in total. The average Bonchev–Trinajstić information content (AvgIpc) is 3.30. The highest BCUT2D eigenvalue weighted by Gasteiger charge is 2.39. The lowest BCUT2D eigenvalue weighted by molar-refractivity contribution is -0.153. The fourth-order valence-corrected chi connectivity index (χ4v) is 3.12. The largest absolute Gasteiger partial charge is 0.459 e. The number of ketones is 1. The number of aliphatic hydroxyl groups excluding tert-OH is 1. The van der Waals surface area contributed by atoms with Crippen molar-refractivity contribution in [2.24, 2.45) is 5.92 Å². The number of fused-ring (bicyclic) bond motifs is 1. The number of aromatic nitrogens is 4. The van der Waals surface area contributed by atoms with Gasteiger partial charge in [0.2, 0.25) is 11.9 Å². The van der Waals surface area contributed by atoms with Gasteiger partial charge in [0.1, 0.15) is 24.2 Å². The smallest absolute Gasteiger partial charge is 0.306 e. The highest BCUT2D eigenvalue weighted by Crippen LogP contribution is 2.32. The molecule has 31 heavy (non-hydrogen) atoms. The maximum atomic E-state index is 12.3. The summed E-state index contributed by atoms with van der Waals surface area (Å²) >= 11 is 0. The number of H-pyrrole nitrogens is 1. The van der Waals surface area contributed by atoms with E-state index in [0.717, 1.165) is 0 Å². The summed E-state index contributed by atoms with van der Waals surface area (Å²) in [6.07, 6.45) is -0.678. The molecule has 0 spiro atoms. The van der Waals surface area contributed by atoms with E-state index in [4.69, 9.17) is 9.47 Å². The molecule has 3 atom stereocenters. The van der Waals surface area contributed by atoms with Gasteiger partial charge in [0.25, 0.3) is 5.56 Å². The molecule has 1 fully saturated rings. The van der Waals surface area contributed by atoms with Crippen LogP contribution >= 0.6 is 0 Å². The first-order valence-corrected chi connectivity index (χ1v) is 9.92. The molecule has 1 aliphatic rings. The minimum atomic E-state index is -0.786. The third-order valence-corrected chi connectivity index (χ3v) is 4.83. The Morgan fingerprint density at radius 1 is 1.39 bits per heavy atom. The van der Waals surface area contributed by atoms with Crippen LogP contribution in [0.15, 0.2) is 11.1 Å². The summed E-state index contributed by atoms with van der Waals surface area (Å²) < 4.78 is 12.7. The highest BCUT2D eigenvalue weighted by molar-refractivity contribution is 5.91. The minimum absolute atomic E-state index is 0.0261. The number of imidazole rings is 1. The lowest BCUT2D eigenvalue weighted by atomic mass is 10.2. The first-order chi connectivity index (χ1) is 14.7. The summed E-state index contributed by atoms with van der Waals surface area (Å²) in [5, 5.41) is 12.2. The number of esters is 1. The van der Waals surface area contributed by atoms with Gasteiger partial charge in [-0.05, 0) is 6.92 Å². The molecule has 0 aliphatic carbocycles. The molecule has 168 valence electrons. The summed E-state index contributed by atoms with van der Waals surface area (Å²) in [6.45, 7) is 4.40. The topological polar surface area (TPSA) is 166 Å². The SMILES string of the molecule is CC(=O)CCC(=O)O[C@@H]1C[C@H](n2cnc3c(=O)[nH]c(NC(=O)C(C)C)nc32)O[C@@H]1CO. The average molecular weight is 435 g/mol. The summed E-state index contributed by atoms with van der Waals surface area (Å²) in [5.41, 5.74) is -0.312. The van der Waals surface area contributed by atoms with Crippen molar-refractivity contribution in [3.8, 4) is 0 Å². The summed E-state index contributed by atoms with van der Waals surface area (Å²) in [7, 11) is 0. The summed E-state index contributed by atoms with van der Waals surface area (Å²) in [6, 6.07) is 0. The van der Waals surface area contributed by atoms with E-state index in [9.17, 15) is 24.3 Å². The normalized spacial score (nSPS) is 20.9. The molecule has 0 unspecified atom stereocenters. The zero-order valence-electron chi connectivity index (χ0n) is 17.5. The van der Waals surface area contributed by atoms with E-state index in [1.165, 1.54) is 17.8 Å². The number of ether oxygens (including phenoxy) is 2. The fraction of sp³-hybridized carbons (Fsp3) is 0.579. The van der Waals surface area contributed by atoms with E-state index >= 15 is 0 Å². The molecule has 2 aromatic rings. The lowest BCUT2D eigenvalue weighted by Gasteiger charge is -2.16. The Bertz CT molecular complexity index is 1040. The van der Waals surface area contributed by atoms with Gasteiger partial charge in [0, 0.05) is 18.8 Å². The standard InChI is InChI=1S/C19H25N5O7/c1-9(2)17(28)22-19-21-16-15(18(29)23-19)20-8-24(16)13-6-11(12(7-25)30-13)31-14(27)5-4-10(3)26/h8-9,11-13,25H,4-7H2,1-3H3,(H2,21,22,23,28,29)/t11-,12-,13-/m1/s1. The van der Waals surface area contributed by atoms with Crippen molar-refractivity contribution in [2.45, 2.75) is 58.5 Å². The second-order valence-corrected chi connectivity index (χ2v) is 7.66. The third-order valence-electron chi connectivity index (χ3n) is 4.83. The van der Waals surface area contributed by atoms with Crippen LogP contribution in [0.25, 0.3) is 11.2 Å². The molecule has 1 amide bonds. The van der Waals surface area contributed by atoms with Crippen molar-refractivity contribution in [3.05, 3.63) is 16.7 Å². The first kappa shape index (κ1) is 22.6. The van der Waals surface area contributed by atoms with Crippen LogP contribution in [0.3, 0.4) is 0 Å². The number of aromatic amines is 1. The second kappa shape index (κ2) is 9.35. The van der Waals surface area contributed by atoms with E-state index in [1.54, 1.807) is 13.8 Å². The Morgan fingerprint density at radius 3 is 2.77 bits per heavy atom. The predicted octanol–water partition coefficient (Wildman–Crippen LogP) is 0.275. The number of anilines is 1. The maximum Gasteiger partial charge on any atom is 0.306 e. The van der Waals surface area contributed by atoms with Crippen molar-refractivity contribution >= 4 is 34.8 Å². The van der Waals surface area contributed by atoms with Gasteiger partial charge in [-0.2, -0.15) is 4.98 Å². The van der Waals surface area contributed by atoms with E-state index in [1.807, 2.05) is 0 Å². The first-order valence-electron chi connectivity index (χ1n) is 9.92. The van der Waals surface area contributed by atoms with Crippen LogP contribution in [0.4, 0.5) is 5.95 Å². The van der Waals surface area contributed by atoms with Crippen LogP contribution in [0.5, 0.6) is 0 Å². The molecule has 12 heteroatoms. The zero-order chi connectivity index (χ0) is 22.7. The number of hydrogen-bond donors (Lipinski definition) is 3. The Labute approximate surface area is 177 Å². The van der Waals surface area contributed by atoms with Crippen molar-refractivity contribution in [1.29, 1.82) is 0 Å². The van der Waals surface area contributed by atoms with Crippen LogP contribution in [0.2, 0.25) is 0 Å². The fourth-order valence-electron chi connectivity index (χ4n) is 3.12. The van der Waals surface area contributed by atoms with E-state index in [0.29, 0.717) is 0 Å². The number of nitrogens with zero attached hydrogens (tertiary/aromatic N) is 3. The number of Topliss-reactive ketones (excluding diaryl/α,β-unsaturated/α-hetero) is 1. The number of rotatable bonds is 8. The van der Waals surface area contributed by atoms with Gasteiger partial charge < -0.3 is 19.4 Å². The van der Waals surface area contributed by atoms with Gasteiger partial charge >= 0.3 is 5.97 Å². The summed E-state index contributed by atoms with van der Waals surface area (Å²) in [5.74, 6) is -1.34. The van der Waals surface area contributed by atoms with Crippen molar-refractivity contribution in [3.63, 3.8) is 0 Å². The molecule has 1 aliphatic heterocycles. The monoisotopic (exact) mass is 435 g/mol. The number of amides is 1. The number of carbonyl (C=O) groups excluding carboxylic acids is 3. The Morgan fingerprint density at radius 2 is 2.13 bits per heavy atom. The Kier molecular flexibility index (Phi) is 6.81. The van der Waals surface area contributed by atoms with Gasteiger partial charge in [-0.3, -0.25) is 29.3 Å². The lowest BCUT2D eigenvalue weighted by Crippen LogP contribution is -2.30. The molecule has 12 nitrogen and oxygen atoms in total. The molecule has 3 heterocycles. The van der Waals surface area contributed by atoms with Crippen LogP contribution in [0, 0.1) is 5.92 Å². The molecule has 2 aromatic heterocycles. The molecular formula is C19H25N5O7. The van der Waals surface area contributed by atoms with Crippen LogP contribution in [-0.4, -0.2) is 61.1 Å². The minimum Gasteiger partial charge on any atom is -0.459 e. The quantitative estimate of drug-likeness (QED) is 0.493. The number of carbonyl (C=O) groups is 3. The molecule has 1 saturated heterocycles. The molecule has 0 radical (unpaired) electrons. The molecule has 0 saturated carbocycles. The van der Waals surface area contributed by atoms with Crippen LogP contribution in [-0.2, 0) is 23.9 Å². The maximum absolute atomic E-state index is 12.3. The highest BCUT2D eigenvalue weighted by atomic mass is 16.6. The van der Waals surface area contributed by atoms with Crippen LogP contribution in [0.1, 0.15) is 46.3 Å². The summed E-state index contributed by atoms with van der Waals surface area (Å²) in [4.78, 5) is 58.1. The van der Waals surface area contributed by atoms with Gasteiger partial charge in [0.05, 0.1) is 19.4 Å². The van der Waals surface area contributed by atoms with E-state index in [2.05, 4.69) is 20.3 Å². The molecule has 3 rings (SSSR count). The predicted molar refractivity (Wildman–Crippen MR) is 107 cm³/mol. The van der Waals surface area contributed by atoms with E-state index < -0.39 is 36.6 Å². The van der Waals surface area contributed by atoms with Crippen molar-refractivity contribution in [1.82, 2.24) is 19.5 Å². The zero-order valence-corrected chi connectivity index (χ0v) is 17.5. The van der Waals surface area contributed by atoms with Gasteiger partial charge in [0.15, 0.2) is 11.2 Å². The number of nitrogens with one attached hydrogen (secondary N) is 2. The van der Waals surface area contributed by atoms with Gasteiger partial charge in [-0.1, -0.05) is 13.8 Å².